The number of hydrogen-bond acceptors (Lipinski definition) is 5. The highest BCUT2D eigenvalue weighted by Gasteiger charge is 2.35. The molecule has 1 fully saturated rings. The molecule has 1 N–H and O–H groups in total. The molecule has 2 unspecified atom stereocenters. The maximum atomic E-state index is 12.7. The number of alkyl halides is 3. The van der Waals surface area contributed by atoms with Gasteiger partial charge in [-0.1, -0.05) is 36.4 Å². The molecule has 2 amide bonds. The number of halogens is 3. The number of benzene rings is 3. The van der Waals surface area contributed by atoms with E-state index in [1.54, 1.807) is 29.0 Å². The molecule has 3 aromatic rings. The number of ether oxygens (including phenoxy) is 3. The molecule has 11 heteroatoms. The van der Waals surface area contributed by atoms with Crippen LogP contribution >= 0.6 is 0 Å². The van der Waals surface area contributed by atoms with Crippen LogP contribution in [0.15, 0.2) is 66.7 Å². The number of hydrogen-bond donors (Lipinski definition) is 1. The van der Waals surface area contributed by atoms with E-state index in [0.29, 0.717) is 36.6 Å². The molecule has 0 aliphatic carbocycles. The Bertz CT molecular complexity index is 1380. The van der Waals surface area contributed by atoms with Gasteiger partial charge in [0.1, 0.15) is 17.2 Å². The van der Waals surface area contributed by atoms with Crippen molar-refractivity contribution in [3.05, 3.63) is 77.9 Å². The van der Waals surface area contributed by atoms with Crippen molar-refractivity contribution in [3.63, 3.8) is 0 Å². The summed E-state index contributed by atoms with van der Waals surface area (Å²) >= 11 is 0. The van der Waals surface area contributed by atoms with Gasteiger partial charge < -0.3 is 29.1 Å². The molecule has 1 heterocycles. The summed E-state index contributed by atoms with van der Waals surface area (Å²) in [6, 6.07) is 18.3. The van der Waals surface area contributed by atoms with Crippen LogP contribution in [-0.4, -0.2) is 65.6 Å². The van der Waals surface area contributed by atoms with Crippen LogP contribution in [0.3, 0.4) is 0 Å². The van der Waals surface area contributed by atoms with Gasteiger partial charge >= 0.3 is 18.4 Å². The molecule has 41 heavy (non-hydrogen) atoms. The third kappa shape index (κ3) is 7.62. The maximum Gasteiger partial charge on any atom is 0.573 e. The fraction of sp³-hybridized carbons (Fsp3) is 0.333. The van der Waals surface area contributed by atoms with Crippen molar-refractivity contribution >= 4 is 12.0 Å². The third-order valence-corrected chi connectivity index (χ3v) is 6.88. The minimum Gasteiger partial charge on any atom is -0.494 e. The molecule has 3 aromatic carbocycles. The predicted octanol–water partition coefficient (Wildman–Crippen LogP) is 6.12. The topological polar surface area (TPSA) is 88.5 Å². The van der Waals surface area contributed by atoms with Gasteiger partial charge in [0.25, 0.3) is 0 Å². The Morgan fingerprint density at radius 2 is 1.78 bits per heavy atom. The number of carboxylic acid groups (broad SMARTS) is 1. The average molecular weight is 573 g/mol. The molecule has 0 radical (unpaired) electrons. The van der Waals surface area contributed by atoms with Crippen molar-refractivity contribution in [2.24, 2.45) is 0 Å². The largest absolute Gasteiger partial charge is 0.573 e. The number of amides is 2. The van der Waals surface area contributed by atoms with E-state index in [-0.39, 0.29) is 24.4 Å². The van der Waals surface area contributed by atoms with Crippen LogP contribution in [0.4, 0.5) is 18.0 Å². The second-order valence-corrected chi connectivity index (χ2v) is 9.81. The quantitative estimate of drug-likeness (QED) is 0.298. The summed E-state index contributed by atoms with van der Waals surface area (Å²) in [5, 5.41) is 9.14. The monoisotopic (exact) mass is 572 g/mol. The Labute approximate surface area is 235 Å². The highest BCUT2D eigenvalue weighted by Crippen LogP contribution is 2.32. The van der Waals surface area contributed by atoms with Gasteiger partial charge in [-0.3, -0.25) is 0 Å². The molecule has 0 spiro atoms. The van der Waals surface area contributed by atoms with Crippen molar-refractivity contribution in [1.29, 1.82) is 0 Å². The van der Waals surface area contributed by atoms with Crippen LogP contribution in [0.5, 0.6) is 17.2 Å². The molecule has 218 valence electrons. The van der Waals surface area contributed by atoms with Crippen LogP contribution < -0.4 is 14.2 Å². The molecule has 0 aromatic heterocycles. The van der Waals surface area contributed by atoms with E-state index in [1.807, 2.05) is 43.3 Å². The number of urea groups is 1. The smallest absolute Gasteiger partial charge is 0.494 e. The normalized spacial score (nSPS) is 16.0. The van der Waals surface area contributed by atoms with E-state index in [1.165, 1.54) is 25.1 Å². The molecular formula is C30H31F3N2O6. The number of carboxylic acids is 1. The molecule has 0 saturated carbocycles. The Kier molecular flexibility index (Phi) is 8.95. The molecule has 8 nitrogen and oxygen atoms in total. The van der Waals surface area contributed by atoms with Gasteiger partial charge in [-0.2, -0.15) is 0 Å². The number of rotatable bonds is 11. The number of aliphatic carboxylic acids is 1. The van der Waals surface area contributed by atoms with Crippen LogP contribution in [0.25, 0.3) is 11.1 Å². The molecule has 2 atom stereocenters. The lowest BCUT2D eigenvalue weighted by Gasteiger charge is -2.18. The number of carbonyl (C=O) groups is 2. The summed E-state index contributed by atoms with van der Waals surface area (Å²) in [6.07, 6.45) is -5.18. The van der Waals surface area contributed by atoms with E-state index in [0.717, 1.165) is 16.7 Å². The molecule has 1 saturated heterocycles. The van der Waals surface area contributed by atoms with E-state index < -0.39 is 18.4 Å². The summed E-state index contributed by atoms with van der Waals surface area (Å²) < 4.78 is 53.1. The predicted molar refractivity (Wildman–Crippen MR) is 145 cm³/mol. The van der Waals surface area contributed by atoms with Crippen LogP contribution in [0.2, 0.25) is 0 Å². The fourth-order valence-corrected chi connectivity index (χ4v) is 4.65. The zero-order valence-electron chi connectivity index (χ0n) is 22.9. The van der Waals surface area contributed by atoms with E-state index in [9.17, 15) is 22.8 Å². The van der Waals surface area contributed by atoms with Crippen molar-refractivity contribution in [2.75, 3.05) is 20.2 Å². The number of nitrogens with zero attached hydrogens (tertiary/aromatic N) is 2. The van der Waals surface area contributed by atoms with Gasteiger partial charge in [-0.15, -0.1) is 13.2 Å². The lowest BCUT2D eigenvalue weighted by Crippen LogP contribution is -2.31. The minimum absolute atomic E-state index is 0.116. The van der Waals surface area contributed by atoms with Gasteiger partial charge in [0.05, 0.1) is 12.6 Å². The van der Waals surface area contributed by atoms with Crippen molar-refractivity contribution in [2.45, 2.75) is 45.3 Å². The standard InChI is InChI=1S/C30H31F3N2O6/c1-19-26(8-5-9-27(19)40-20(2)28(36)37)22-10-12-24(13-11-22)39-15-14-23-18-35(29(38)34(23)3)17-21-6-4-7-25(16-21)41-30(31,32)33/h4-13,16,20,23H,14-15,17-18H2,1-3H3,(H,36,37). The molecular weight excluding hydrogens is 541 g/mol. The molecule has 0 bridgehead atoms. The second-order valence-electron chi connectivity index (χ2n) is 9.81. The highest BCUT2D eigenvalue weighted by molar-refractivity contribution is 5.77. The third-order valence-electron chi connectivity index (χ3n) is 6.88. The second kappa shape index (κ2) is 12.4. The first-order valence-electron chi connectivity index (χ1n) is 13.0. The van der Waals surface area contributed by atoms with Gasteiger partial charge in [-0.05, 0) is 66.4 Å². The Morgan fingerprint density at radius 1 is 1.07 bits per heavy atom. The van der Waals surface area contributed by atoms with E-state index >= 15 is 0 Å². The molecule has 4 rings (SSSR count). The average Bonchev–Trinajstić information content (AvgIpc) is 3.17. The van der Waals surface area contributed by atoms with E-state index in [4.69, 9.17) is 14.6 Å². The van der Waals surface area contributed by atoms with Crippen molar-refractivity contribution < 1.29 is 42.1 Å². The van der Waals surface area contributed by atoms with Gasteiger partial charge in [0.15, 0.2) is 6.10 Å². The SMILES string of the molecule is Cc1c(OC(C)C(=O)O)cccc1-c1ccc(OCCC2CN(Cc3cccc(OC(F)(F)F)c3)C(=O)N2C)cc1. The lowest BCUT2D eigenvalue weighted by atomic mass is 10.00. The Morgan fingerprint density at radius 3 is 2.46 bits per heavy atom. The van der Waals surface area contributed by atoms with Crippen LogP contribution in [0, 0.1) is 6.92 Å². The summed E-state index contributed by atoms with van der Waals surface area (Å²) in [5.74, 6) is -0.204. The highest BCUT2D eigenvalue weighted by atomic mass is 19.4. The van der Waals surface area contributed by atoms with Gasteiger partial charge in [-0.25, -0.2) is 9.59 Å². The van der Waals surface area contributed by atoms with Gasteiger partial charge in [0.2, 0.25) is 0 Å². The zero-order valence-corrected chi connectivity index (χ0v) is 22.9. The lowest BCUT2D eigenvalue weighted by molar-refractivity contribution is -0.274. The summed E-state index contributed by atoms with van der Waals surface area (Å²) in [5.41, 5.74) is 3.19. The summed E-state index contributed by atoms with van der Waals surface area (Å²) in [6.45, 7) is 4.30. The summed E-state index contributed by atoms with van der Waals surface area (Å²) in [4.78, 5) is 27.1. The van der Waals surface area contributed by atoms with E-state index in [2.05, 4.69) is 4.74 Å². The molecule has 1 aliphatic heterocycles. The van der Waals surface area contributed by atoms with Gasteiger partial charge in [0, 0.05) is 26.6 Å². The van der Waals surface area contributed by atoms with Crippen molar-refractivity contribution in [3.8, 4) is 28.4 Å². The minimum atomic E-state index is -4.78. The zero-order chi connectivity index (χ0) is 29.7. The Balaban J connectivity index is 1.31. The molecule has 1 aliphatic rings. The number of carbonyl (C=O) groups excluding carboxylic acids is 1. The first-order valence-corrected chi connectivity index (χ1v) is 13.0. The summed E-state index contributed by atoms with van der Waals surface area (Å²) in [7, 11) is 1.70. The Hall–Kier alpha value is -4.41. The number of likely N-dealkylation sites (N-methyl/N-ethyl adjacent to an activating group) is 1. The van der Waals surface area contributed by atoms with Crippen LogP contribution in [-0.2, 0) is 11.3 Å². The van der Waals surface area contributed by atoms with Crippen molar-refractivity contribution in [1.82, 2.24) is 9.80 Å². The first kappa shape index (κ1) is 29.6. The first-order chi connectivity index (χ1) is 19.4. The fourth-order valence-electron chi connectivity index (χ4n) is 4.65. The van der Waals surface area contributed by atoms with Crippen LogP contribution in [0.1, 0.15) is 24.5 Å². The maximum absolute atomic E-state index is 12.7.